The van der Waals surface area contributed by atoms with Gasteiger partial charge in [-0.3, -0.25) is 4.79 Å². The first-order valence-corrected chi connectivity index (χ1v) is 8.67. The lowest BCUT2D eigenvalue weighted by atomic mass is 10.2. The maximum Gasteiger partial charge on any atom is 0.409 e. The van der Waals surface area contributed by atoms with E-state index in [0.29, 0.717) is 39.2 Å². The Bertz CT molecular complexity index is 610. The van der Waals surface area contributed by atoms with Crippen molar-refractivity contribution >= 4 is 35.2 Å². The lowest BCUT2D eigenvalue weighted by Crippen LogP contribution is -2.38. The van der Waals surface area contributed by atoms with Crippen LogP contribution in [0.25, 0.3) is 0 Å². The van der Waals surface area contributed by atoms with Crippen LogP contribution in [-0.4, -0.2) is 59.6 Å². The van der Waals surface area contributed by atoms with Crippen LogP contribution in [0.3, 0.4) is 0 Å². The van der Waals surface area contributed by atoms with Crippen molar-refractivity contribution in [3.63, 3.8) is 0 Å². The van der Waals surface area contributed by atoms with Crippen molar-refractivity contribution in [2.24, 2.45) is 5.92 Å². The number of nitrogens with zero attached hydrogens (tertiary/aromatic N) is 3. The third-order valence-electron chi connectivity index (χ3n) is 3.60. The zero-order valence-electron chi connectivity index (χ0n) is 13.8. The summed E-state index contributed by atoms with van der Waals surface area (Å²) >= 11 is 11.9. The highest BCUT2D eigenvalue weighted by atomic mass is 35.5. The Morgan fingerprint density at radius 2 is 1.83 bits per heavy atom. The van der Waals surface area contributed by atoms with Gasteiger partial charge in [-0.05, 0) is 24.5 Å². The van der Waals surface area contributed by atoms with Gasteiger partial charge in [0.25, 0.3) is 5.91 Å². The van der Waals surface area contributed by atoms with E-state index in [0.717, 1.165) is 0 Å². The highest BCUT2D eigenvalue weighted by Gasteiger charge is 2.25. The molecule has 0 radical (unpaired) electrons. The normalized spacial score (nSPS) is 15.4. The number of halogens is 2. The van der Waals surface area contributed by atoms with E-state index in [1.54, 1.807) is 15.9 Å². The molecule has 1 saturated heterocycles. The Labute approximate surface area is 151 Å². The van der Waals surface area contributed by atoms with Gasteiger partial charge in [0, 0.05) is 26.2 Å². The Morgan fingerprint density at radius 1 is 1.17 bits per heavy atom. The predicted octanol–water partition coefficient (Wildman–Crippen LogP) is 3.33. The highest BCUT2D eigenvalue weighted by molar-refractivity contribution is 6.34. The molecule has 0 atom stereocenters. The van der Waals surface area contributed by atoms with E-state index in [9.17, 15) is 9.59 Å². The first kappa shape index (κ1) is 18.8. The van der Waals surface area contributed by atoms with Crippen LogP contribution in [0.5, 0.6) is 0 Å². The van der Waals surface area contributed by atoms with Crippen LogP contribution in [0.2, 0.25) is 10.2 Å². The van der Waals surface area contributed by atoms with Gasteiger partial charge >= 0.3 is 6.09 Å². The molecular weight excluding hydrogens is 353 g/mol. The van der Waals surface area contributed by atoms with Crippen LogP contribution in [0, 0.1) is 5.92 Å². The average Bonchev–Trinajstić information content (AvgIpc) is 2.80. The van der Waals surface area contributed by atoms with Gasteiger partial charge in [-0.25, -0.2) is 9.78 Å². The summed E-state index contributed by atoms with van der Waals surface area (Å²) in [6.45, 7) is 6.26. The number of pyridine rings is 1. The molecule has 1 fully saturated rings. The van der Waals surface area contributed by atoms with Crippen molar-refractivity contribution in [1.82, 2.24) is 14.8 Å². The smallest absolute Gasteiger partial charge is 0.409 e. The summed E-state index contributed by atoms with van der Waals surface area (Å²) in [6, 6.07) is 3.09. The van der Waals surface area contributed by atoms with Crippen LogP contribution in [0.4, 0.5) is 4.79 Å². The Morgan fingerprint density at radius 3 is 2.54 bits per heavy atom. The van der Waals surface area contributed by atoms with Crippen molar-refractivity contribution < 1.29 is 14.3 Å². The van der Waals surface area contributed by atoms with Crippen molar-refractivity contribution in [2.45, 2.75) is 20.3 Å². The molecule has 24 heavy (non-hydrogen) atoms. The van der Waals surface area contributed by atoms with Gasteiger partial charge in [-0.1, -0.05) is 37.0 Å². The molecule has 2 amide bonds. The van der Waals surface area contributed by atoms with Crippen molar-refractivity contribution in [2.75, 3.05) is 32.8 Å². The fourth-order valence-corrected chi connectivity index (χ4v) is 2.68. The number of hydrogen-bond donors (Lipinski definition) is 0. The van der Waals surface area contributed by atoms with Crippen LogP contribution in [0.1, 0.15) is 30.8 Å². The second kappa shape index (κ2) is 8.53. The van der Waals surface area contributed by atoms with Gasteiger partial charge in [0.15, 0.2) is 0 Å². The van der Waals surface area contributed by atoms with E-state index in [4.69, 9.17) is 27.9 Å². The Kier molecular flexibility index (Phi) is 6.69. The Hall–Kier alpha value is -1.53. The highest BCUT2D eigenvalue weighted by Crippen LogP contribution is 2.19. The van der Waals surface area contributed by atoms with E-state index in [2.05, 4.69) is 4.98 Å². The molecule has 0 aromatic carbocycles. The first-order chi connectivity index (χ1) is 11.4. The van der Waals surface area contributed by atoms with E-state index >= 15 is 0 Å². The minimum atomic E-state index is -0.336. The predicted molar refractivity (Wildman–Crippen MR) is 92.5 cm³/mol. The molecule has 1 aliphatic rings. The number of hydrogen-bond acceptors (Lipinski definition) is 4. The zero-order valence-corrected chi connectivity index (χ0v) is 15.3. The first-order valence-electron chi connectivity index (χ1n) is 7.91. The third kappa shape index (κ3) is 4.98. The topological polar surface area (TPSA) is 62.7 Å². The van der Waals surface area contributed by atoms with Crippen molar-refractivity contribution in [3.05, 3.63) is 28.0 Å². The van der Waals surface area contributed by atoms with Crippen LogP contribution >= 0.6 is 23.2 Å². The molecule has 0 unspecified atom stereocenters. The molecular formula is C16H21Cl2N3O3. The molecule has 1 aromatic heterocycles. The number of amides is 2. The zero-order chi connectivity index (χ0) is 17.7. The summed E-state index contributed by atoms with van der Waals surface area (Å²) in [5.41, 5.74) is 0.139. The van der Waals surface area contributed by atoms with Crippen LogP contribution < -0.4 is 0 Å². The lowest BCUT2D eigenvalue weighted by Gasteiger charge is -2.22. The van der Waals surface area contributed by atoms with E-state index in [-0.39, 0.29) is 33.8 Å². The van der Waals surface area contributed by atoms with Gasteiger partial charge in [0.05, 0.1) is 11.6 Å². The average molecular weight is 374 g/mol. The molecule has 1 aliphatic heterocycles. The van der Waals surface area contributed by atoms with Gasteiger partial charge in [0.1, 0.15) is 10.8 Å². The van der Waals surface area contributed by atoms with Crippen LogP contribution in [-0.2, 0) is 4.74 Å². The fraction of sp³-hybridized carbons (Fsp3) is 0.562. The number of aromatic nitrogens is 1. The van der Waals surface area contributed by atoms with Gasteiger partial charge in [-0.2, -0.15) is 0 Å². The van der Waals surface area contributed by atoms with E-state index in [1.807, 2.05) is 13.8 Å². The molecule has 0 saturated carbocycles. The fourth-order valence-electron chi connectivity index (χ4n) is 2.35. The van der Waals surface area contributed by atoms with Crippen LogP contribution in [0.15, 0.2) is 12.1 Å². The summed E-state index contributed by atoms with van der Waals surface area (Å²) in [4.78, 5) is 31.9. The second-order valence-electron chi connectivity index (χ2n) is 6.07. The standard InChI is InChI=1S/C16H21Cl2N3O3/c1-11(2)10-24-16(23)21-7-3-6-20(8-9-21)15(22)14-12(17)4-5-13(18)19-14/h4-5,11H,3,6-10H2,1-2H3. The minimum absolute atomic E-state index is 0.139. The quantitative estimate of drug-likeness (QED) is 0.762. The molecule has 2 heterocycles. The number of carbonyl (C=O) groups excluding carboxylic acids is 2. The minimum Gasteiger partial charge on any atom is -0.449 e. The summed E-state index contributed by atoms with van der Waals surface area (Å²) in [7, 11) is 0. The third-order valence-corrected chi connectivity index (χ3v) is 4.11. The van der Waals surface area contributed by atoms with Gasteiger partial charge < -0.3 is 14.5 Å². The van der Waals surface area contributed by atoms with E-state index in [1.165, 1.54) is 6.07 Å². The number of rotatable bonds is 3. The monoisotopic (exact) mass is 373 g/mol. The molecule has 2 rings (SSSR count). The molecule has 0 N–H and O–H groups in total. The van der Waals surface area contributed by atoms with E-state index < -0.39 is 0 Å². The lowest BCUT2D eigenvalue weighted by molar-refractivity contribution is 0.0741. The Balaban J connectivity index is 1.98. The summed E-state index contributed by atoms with van der Waals surface area (Å²) in [5, 5.41) is 0.485. The molecule has 1 aromatic rings. The van der Waals surface area contributed by atoms with Gasteiger partial charge in [-0.15, -0.1) is 0 Å². The molecule has 0 aliphatic carbocycles. The molecule has 0 spiro atoms. The molecule has 0 bridgehead atoms. The summed E-state index contributed by atoms with van der Waals surface area (Å²) < 4.78 is 5.25. The molecule has 6 nitrogen and oxygen atoms in total. The maximum absolute atomic E-state index is 12.6. The largest absolute Gasteiger partial charge is 0.449 e. The maximum atomic E-state index is 12.6. The number of carbonyl (C=O) groups is 2. The second-order valence-corrected chi connectivity index (χ2v) is 6.86. The van der Waals surface area contributed by atoms with Crippen molar-refractivity contribution in [1.29, 1.82) is 0 Å². The van der Waals surface area contributed by atoms with Crippen molar-refractivity contribution in [3.8, 4) is 0 Å². The number of ether oxygens (including phenoxy) is 1. The summed E-state index contributed by atoms with van der Waals surface area (Å²) in [6.07, 6.45) is 0.331. The van der Waals surface area contributed by atoms with Gasteiger partial charge in [0.2, 0.25) is 0 Å². The molecule has 132 valence electrons. The molecule has 8 heteroatoms. The summed E-state index contributed by atoms with van der Waals surface area (Å²) in [5.74, 6) is 0.00921. The SMILES string of the molecule is CC(C)COC(=O)N1CCCN(C(=O)c2nc(Cl)ccc2Cl)CC1.